The molecular weight excluding hydrogens is 358 g/mol. The van der Waals surface area contributed by atoms with Gasteiger partial charge in [0.15, 0.2) is 0 Å². The molecule has 8 heteroatoms. The molecule has 0 amide bonds. The van der Waals surface area contributed by atoms with Crippen LogP contribution in [0.4, 0.5) is 0 Å². The summed E-state index contributed by atoms with van der Waals surface area (Å²) in [5, 5.41) is 0.169. The van der Waals surface area contributed by atoms with E-state index >= 15 is 0 Å². The monoisotopic (exact) mass is 369 g/mol. The van der Waals surface area contributed by atoms with Gasteiger partial charge in [0.05, 0.1) is 30.9 Å². The molecule has 0 aromatic heterocycles. The molecule has 1 aromatic carbocycles. The minimum Gasteiger partial charge on any atom is -0.376 e. The van der Waals surface area contributed by atoms with Crippen molar-refractivity contribution in [1.82, 2.24) is 4.72 Å². The van der Waals surface area contributed by atoms with Gasteiger partial charge >= 0.3 is 0 Å². The Labute approximate surface area is 125 Å². The van der Waals surface area contributed by atoms with Gasteiger partial charge in [0.2, 0.25) is 10.0 Å². The molecule has 1 aromatic rings. The van der Waals surface area contributed by atoms with E-state index in [-0.39, 0.29) is 22.6 Å². The maximum atomic E-state index is 12.1. The predicted molar refractivity (Wildman–Crippen MR) is 74.9 cm³/mol. The van der Waals surface area contributed by atoms with Gasteiger partial charge in [-0.2, -0.15) is 0 Å². The van der Waals surface area contributed by atoms with Crippen molar-refractivity contribution in [2.24, 2.45) is 0 Å². The van der Waals surface area contributed by atoms with Crippen molar-refractivity contribution < 1.29 is 17.9 Å². The zero-order valence-electron chi connectivity index (χ0n) is 9.93. The van der Waals surface area contributed by atoms with Crippen LogP contribution in [0.2, 0.25) is 5.02 Å². The number of ether oxygens (including phenoxy) is 2. The van der Waals surface area contributed by atoms with E-state index in [0.29, 0.717) is 19.8 Å². The lowest BCUT2D eigenvalue weighted by Crippen LogP contribution is -2.39. The molecule has 106 valence electrons. The molecule has 1 heterocycles. The highest BCUT2D eigenvalue weighted by Gasteiger charge is 2.21. The minimum absolute atomic E-state index is 0.0501. The predicted octanol–water partition coefficient (Wildman–Crippen LogP) is 1.80. The summed E-state index contributed by atoms with van der Waals surface area (Å²) in [7, 11) is -3.65. The lowest BCUT2D eigenvalue weighted by molar-refractivity contribution is -0.0846. The zero-order chi connectivity index (χ0) is 13.9. The van der Waals surface area contributed by atoms with Crippen LogP contribution in [0.15, 0.2) is 27.6 Å². The largest absolute Gasteiger partial charge is 0.376 e. The number of sulfonamides is 1. The second-order valence-electron chi connectivity index (χ2n) is 3.99. The molecule has 2 rings (SSSR count). The van der Waals surface area contributed by atoms with E-state index in [0.717, 1.165) is 4.47 Å². The molecule has 0 aliphatic carbocycles. The third-order valence-corrected chi connectivity index (χ3v) is 4.97. The van der Waals surface area contributed by atoms with Crippen LogP contribution in [0.3, 0.4) is 0 Å². The minimum atomic E-state index is -3.65. The zero-order valence-corrected chi connectivity index (χ0v) is 13.1. The van der Waals surface area contributed by atoms with Gasteiger partial charge in [0, 0.05) is 11.0 Å². The van der Waals surface area contributed by atoms with Crippen LogP contribution in [-0.2, 0) is 19.5 Å². The van der Waals surface area contributed by atoms with Crippen molar-refractivity contribution in [3.63, 3.8) is 0 Å². The van der Waals surface area contributed by atoms with Crippen LogP contribution in [0, 0.1) is 0 Å². The molecule has 1 aliphatic rings. The van der Waals surface area contributed by atoms with Crippen LogP contribution in [0.25, 0.3) is 0 Å². The topological polar surface area (TPSA) is 64.6 Å². The number of hydrogen-bond donors (Lipinski definition) is 1. The summed E-state index contributed by atoms with van der Waals surface area (Å²) in [4.78, 5) is 0.0501. The molecular formula is C11H13BrClNO4S. The first-order chi connectivity index (χ1) is 8.99. The van der Waals surface area contributed by atoms with Gasteiger partial charge in [-0.05, 0) is 18.2 Å². The van der Waals surface area contributed by atoms with Crippen LogP contribution >= 0.6 is 27.5 Å². The van der Waals surface area contributed by atoms with Crippen LogP contribution in [0.1, 0.15) is 0 Å². The number of rotatable bonds is 4. The van der Waals surface area contributed by atoms with Crippen molar-refractivity contribution >= 4 is 37.6 Å². The lowest BCUT2D eigenvalue weighted by atomic mass is 10.3. The second kappa shape index (κ2) is 6.51. The molecule has 1 aliphatic heterocycles. The summed E-state index contributed by atoms with van der Waals surface area (Å²) in [6.07, 6.45) is -0.266. The van der Waals surface area contributed by atoms with Gasteiger partial charge in [-0.3, -0.25) is 0 Å². The summed E-state index contributed by atoms with van der Waals surface area (Å²) in [5.41, 5.74) is 0. The van der Waals surface area contributed by atoms with E-state index in [1.54, 1.807) is 6.07 Å². The van der Waals surface area contributed by atoms with Gasteiger partial charge < -0.3 is 9.47 Å². The average Bonchev–Trinajstić information content (AvgIpc) is 2.37. The van der Waals surface area contributed by atoms with Crippen molar-refractivity contribution in [3.8, 4) is 0 Å². The van der Waals surface area contributed by atoms with E-state index in [1.165, 1.54) is 12.1 Å². The fraction of sp³-hybridized carbons (Fsp3) is 0.455. The van der Waals surface area contributed by atoms with Crippen LogP contribution in [0.5, 0.6) is 0 Å². The first-order valence-electron chi connectivity index (χ1n) is 5.63. The molecule has 1 atom stereocenters. The molecule has 1 saturated heterocycles. The Balaban J connectivity index is 2.05. The fourth-order valence-corrected chi connectivity index (χ4v) is 3.73. The van der Waals surface area contributed by atoms with Crippen molar-refractivity contribution in [3.05, 3.63) is 27.7 Å². The van der Waals surface area contributed by atoms with Gasteiger partial charge in [-0.15, -0.1) is 0 Å². The molecule has 5 nitrogen and oxygen atoms in total. The van der Waals surface area contributed by atoms with Crippen molar-refractivity contribution in [2.75, 3.05) is 26.4 Å². The Bertz CT molecular complexity index is 546. The number of nitrogens with one attached hydrogen (secondary N) is 1. The summed E-state index contributed by atoms with van der Waals surface area (Å²) in [6.45, 7) is 1.57. The fourth-order valence-electron chi connectivity index (χ4n) is 1.63. The molecule has 1 fully saturated rings. The number of halogens is 2. The maximum Gasteiger partial charge on any atom is 0.242 e. The van der Waals surface area contributed by atoms with E-state index in [1.807, 2.05) is 0 Å². The molecule has 0 saturated carbocycles. The van der Waals surface area contributed by atoms with E-state index in [4.69, 9.17) is 21.1 Å². The molecule has 1 N–H and O–H groups in total. The smallest absolute Gasteiger partial charge is 0.242 e. The third kappa shape index (κ3) is 4.14. The van der Waals surface area contributed by atoms with Crippen LogP contribution < -0.4 is 4.72 Å². The Morgan fingerprint density at radius 1 is 1.42 bits per heavy atom. The highest BCUT2D eigenvalue weighted by Crippen LogP contribution is 2.25. The van der Waals surface area contributed by atoms with Gasteiger partial charge in [-0.1, -0.05) is 27.5 Å². The van der Waals surface area contributed by atoms with Crippen molar-refractivity contribution in [2.45, 2.75) is 11.0 Å². The number of benzene rings is 1. The Hall–Kier alpha value is -0.180. The van der Waals surface area contributed by atoms with Crippen molar-refractivity contribution in [1.29, 1.82) is 0 Å². The third-order valence-electron chi connectivity index (χ3n) is 2.57. The summed E-state index contributed by atoms with van der Waals surface area (Å²) >= 11 is 9.16. The SMILES string of the molecule is O=S(=O)(NCC1COCCO1)c1ccc(Br)cc1Cl. The molecule has 19 heavy (non-hydrogen) atoms. The Morgan fingerprint density at radius 2 is 2.21 bits per heavy atom. The summed E-state index contributed by atoms with van der Waals surface area (Å²) in [6, 6.07) is 4.62. The first-order valence-corrected chi connectivity index (χ1v) is 8.28. The normalized spacial score (nSPS) is 20.4. The number of hydrogen-bond acceptors (Lipinski definition) is 4. The summed E-state index contributed by atoms with van der Waals surface area (Å²) in [5.74, 6) is 0. The average molecular weight is 371 g/mol. The summed E-state index contributed by atoms with van der Waals surface area (Å²) < 4.78 is 38.0. The highest BCUT2D eigenvalue weighted by atomic mass is 79.9. The lowest BCUT2D eigenvalue weighted by Gasteiger charge is -2.23. The van der Waals surface area contributed by atoms with E-state index < -0.39 is 10.0 Å². The molecule has 0 bridgehead atoms. The quantitative estimate of drug-likeness (QED) is 0.878. The van der Waals surface area contributed by atoms with Crippen LogP contribution in [-0.4, -0.2) is 40.9 Å². The van der Waals surface area contributed by atoms with E-state index in [9.17, 15) is 8.42 Å². The second-order valence-corrected chi connectivity index (χ2v) is 7.05. The van der Waals surface area contributed by atoms with Gasteiger partial charge in [-0.25, -0.2) is 13.1 Å². The van der Waals surface area contributed by atoms with E-state index in [2.05, 4.69) is 20.7 Å². The first kappa shape index (κ1) is 15.2. The van der Waals surface area contributed by atoms with Gasteiger partial charge in [0.1, 0.15) is 4.90 Å². The standard InChI is InChI=1S/C11H13BrClNO4S/c12-8-1-2-11(10(13)5-8)19(15,16)14-6-9-7-17-3-4-18-9/h1-2,5,9,14H,3-4,6-7H2. The Kier molecular flexibility index (Phi) is 5.22. The maximum absolute atomic E-state index is 12.1. The molecule has 0 spiro atoms. The Morgan fingerprint density at radius 3 is 2.84 bits per heavy atom. The van der Waals surface area contributed by atoms with Gasteiger partial charge in [0.25, 0.3) is 0 Å². The molecule has 0 radical (unpaired) electrons. The highest BCUT2D eigenvalue weighted by molar-refractivity contribution is 9.10. The molecule has 1 unspecified atom stereocenters.